The number of aromatic hydroxyl groups is 2. The number of phenolic OH excluding ortho intramolecular Hbond substituents is 2. The van der Waals surface area contributed by atoms with E-state index in [4.69, 9.17) is 10.5 Å². The normalized spacial score (nSPS) is 16.5. The fourth-order valence-corrected chi connectivity index (χ4v) is 4.25. The third-order valence-electron chi connectivity index (χ3n) is 4.30. The third kappa shape index (κ3) is 4.14. The number of rotatable bonds is 5. The van der Waals surface area contributed by atoms with Gasteiger partial charge in [-0.2, -0.15) is 4.31 Å². The summed E-state index contributed by atoms with van der Waals surface area (Å²) in [6, 6.07) is 9.67. The number of amides is 1. The highest BCUT2D eigenvalue weighted by atomic mass is 35.5. The van der Waals surface area contributed by atoms with Gasteiger partial charge in [-0.05, 0) is 36.8 Å². The van der Waals surface area contributed by atoms with Crippen molar-refractivity contribution in [2.75, 3.05) is 6.73 Å². The molecule has 3 rings (SSSR count). The van der Waals surface area contributed by atoms with E-state index >= 15 is 0 Å². The summed E-state index contributed by atoms with van der Waals surface area (Å²) < 4.78 is 30.4. The van der Waals surface area contributed by atoms with Gasteiger partial charge in [0.2, 0.25) is 0 Å². The standard InChI is InChI=1S/C18H18N2O7S.ClH/c1-18(19,9-11-6-7-13(21)14(22)8-11)17(24)27-10-20-16(23)12-4-2-3-5-15(12)28(20,25)26;/h2-8,21-22H,9-10,19H2,1H3;1H. The number of carbonyl (C=O) groups excluding carboxylic acids is 2. The molecule has 0 fully saturated rings. The molecule has 0 radical (unpaired) electrons. The van der Waals surface area contributed by atoms with Crippen LogP contribution in [0.2, 0.25) is 0 Å². The molecule has 2 aromatic carbocycles. The molecule has 1 amide bonds. The number of sulfonamides is 1. The largest absolute Gasteiger partial charge is 0.504 e. The van der Waals surface area contributed by atoms with Crippen molar-refractivity contribution < 1.29 is 33.0 Å². The summed E-state index contributed by atoms with van der Waals surface area (Å²) >= 11 is 0. The second-order valence-corrected chi connectivity index (χ2v) is 8.46. The summed E-state index contributed by atoms with van der Waals surface area (Å²) in [6.45, 7) is 0.566. The van der Waals surface area contributed by atoms with Crippen LogP contribution in [0.1, 0.15) is 22.8 Å². The Morgan fingerprint density at radius 3 is 2.45 bits per heavy atom. The van der Waals surface area contributed by atoms with E-state index in [1.54, 1.807) is 0 Å². The number of benzene rings is 2. The second-order valence-electron chi connectivity index (χ2n) is 6.63. The van der Waals surface area contributed by atoms with Crippen molar-refractivity contribution in [2.45, 2.75) is 23.8 Å². The van der Waals surface area contributed by atoms with Crippen LogP contribution < -0.4 is 5.73 Å². The molecule has 1 aliphatic rings. The lowest BCUT2D eigenvalue weighted by Gasteiger charge is -2.24. The van der Waals surface area contributed by atoms with E-state index in [-0.39, 0.29) is 40.8 Å². The fraction of sp³-hybridized carbons (Fsp3) is 0.222. The summed E-state index contributed by atoms with van der Waals surface area (Å²) in [6.07, 6.45) is -0.0550. The first-order valence-corrected chi connectivity index (χ1v) is 9.61. The molecule has 29 heavy (non-hydrogen) atoms. The number of fused-ring (bicyclic) bond motifs is 1. The van der Waals surface area contributed by atoms with E-state index in [1.807, 2.05) is 0 Å². The first-order valence-electron chi connectivity index (χ1n) is 8.17. The van der Waals surface area contributed by atoms with Crippen molar-refractivity contribution in [1.82, 2.24) is 4.31 Å². The average molecular weight is 443 g/mol. The summed E-state index contributed by atoms with van der Waals surface area (Å²) in [5.41, 5.74) is 4.87. The topological polar surface area (TPSA) is 147 Å². The monoisotopic (exact) mass is 442 g/mol. The molecular formula is C18H19ClN2O7S. The second kappa shape index (κ2) is 7.90. The van der Waals surface area contributed by atoms with Gasteiger partial charge < -0.3 is 20.7 Å². The summed E-state index contributed by atoms with van der Waals surface area (Å²) in [5.74, 6) is -2.40. The van der Waals surface area contributed by atoms with Gasteiger partial charge in [0.25, 0.3) is 15.9 Å². The SMILES string of the molecule is CC(N)(Cc1ccc(O)c(O)c1)C(=O)OCN1C(=O)c2ccccc2S1(=O)=O.Cl. The van der Waals surface area contributed by atoms with E-state index in [1.165, 1.54) is 49.4 Å². The van der Waals surface area contributed by atoms with Crippen molar-refractivity contribution >= 4 is 34.3 Å². The maximum Gasteiger partial charge on any atom is 0.327 e. The maximum atomic E-state index is 12.4. The molecule has 0 bridgehead atoms. The molecule has 2 aromatic rings. The quantitative estimate of drug-likeness (QED) is 0.461. The smallest absolute Gasteiger partial charge is 0.327 e. The van der Waals surface area contributed by atoms with E-state index in [9.17, 15) is 28.2 Å². The van der Waals surface area contributed by atoms with Crippen LogP contribution in [0.4, 0.5) is 0 Å². The van der Waals surface area contributed by atoms with Gasteiger partial charge in [-0.15, -0.1) is 12.4 Å². The molecule has 0 saturated carbocycles. The summed E-state index contributed by atoms with van der Waals surface area (Å²) in [4.78, 5) is 24.5. The Kier molecular flexibility index (Phi) is 6.12. The number of esters is 1. The van der Waals surface area contributed by atoms with Gasteiger partial charge in [-0.3, -0.25) is 4.79 Å². The fourth-order valence-electron chi connectivity index (χ4n) is 2.82. The van der Waals surface area contributed by atoms with Crippen molar-refractivity contribution in [3.05, 3.63) is 53.6 Å². The third-order valence-corrected chi connectivity index (χ3v) is 6.07. The molecule has 156 valence electrons. The van der Waals surface area contributed by atoms with E-state index < -0.39 is 34.2 Å². The Hall–Kier alpha value is -2.82. The van der Waals surface area contributed by atoms with Crippen LogP contribution in [0.25, 0.3) is 0 Å². The number of carbonyl (C=O) groups is 2. The highest BCUT2D eigenvalue weighted by Crippen LogP contribution is 2.30. The minimum atomic E-state index is -4.10. The predicted octanol–water partition coefficient (Wildman–Crippen LogP) is 1.12. The number of hydrogen-bond donors (Lipinski definition) is 3. The van der Waals surface area contributed by atoms with Crippen molar-refractivity contribution in [3.63, 3.8) is 0 Å². The molecule has 0 saturated heterocycles. The number of phenols is 2. The van der Waals surface area contributed by atoms with Crippen LogP contribution in [0, 0.1) is 0 Å². The predicted molar refractivity (Wildman–Crippen MR) is 104 cm³/mol. The maximum absolute atomic E-state index is 12.4. The van der Waals surface area contributed by atoms with Crippen LogP contribution in [0.5, 0.6) is 11.5 Å². The number of ether oxygens (including phenoxy) is 1. The van der Waals surface area contributed by atoms with Gasteiger partial charge in [-0.1, -0.05) is 18.2 Å². The molecule has 0 aromatic heterocycles. The Bertz CT molecular complexity index is 1070. The van der Waals surface area contributed by atoms with Gasteiger partial charge in [0.15, 0.2) is 18.2 Å². The average Bonchev–Trinajstić information content (AvgIpc) is 2.82. The van der Waals surface area contributed by atoms with E-state index in [0.29, 0.717) is 9.87 Å². The van der Waals surface area contributed by atoms with Crippen LogP contribution in [-0.4, -0.2) is 47.1 Å². The molecule has 9 nitrogen and oxygen atoms in total. The minimum Gasteiger partial charge on any atom is -0.504 e. The van der Waals surface area contributed by atoms with Gasteiger partial charge in [-0.25, -0.2) is 13.2 Å². The minimum absolute atomic E-state index is 0. The number of nitrogens with two attached hydrogens (primary N) is 1. The zero-order valence-electron chi connectivity index (χ0n) is 15.2. The zero-order chi connectivity index (χ0) is 20.7. The number of nitrogens with zero attached hydrogens (tertiary/aromatic N) is 1. The van der Waals surface area contributed by atoms with E-state index in [2.05, 4.69) is 0 Å². The van der Waals surface area contributed by atoms with Crippen molar-refractivity contribution in [2.24, 2.45) is 5.73 Å². The van der Waals surface area contributed by atoms with Crippen LogP contribution in [0.3, 0.4) is 0 Å². The lowest BCUT2D eigenvalue weighted by molar-refractivity contribution is -0.151. The first-order chi connectivity index (χ1) is 13.0. The van der Waals surface area contributed by atoms with E-state index in [0.717, 1.165) is 0 Å². The molecule has 1 atom stereocenters. The molecule has 1 aliphatic heterocycles. The lowest BCUT2D eigenvalue weighted by Crippen LogP contribution is -2.49. The zero-order valence-corrected chi connectivity index (χ0v) is 16.9. The molecule has 4 N–H and O–H groups in total. The Morgan fingerprint density at radius 1 is 1.17 bits per heavy atom. The Labute approximate surface area is 173 Å². The Balaban J connectivity index is 0.00000300. The highest BCUT2D eigenvalue weighted by molar-refractivity contribution is 7.90. The molecule has 1 unspecified atom stereocenters. The van der Waals surface area contributed by atoms with Gasteiger partial charge in [0, 0.05) is 6.42 Å². The Morgan fingerprint density at radius 2 is 1.83 bits per heavy atom. The molecule has 11 heteroatoms. The molecule has 0 spiro atoms. The van der Waals surface area contributed by atoms with Gasteiger partial charge in [0.05, 0.1) is 5.56 Å². The number of halogens is 1. The lowest BCUT2D eigenvalue weighted by atomic mass is 9.94. The van der Waals surface area contributed by atoms with Crippen LogP contribution in [0.15, 0.2) is 47.4 Å². The molecule has 1 heterocycles. The highest BCUT2D eigenvalue weighted by Gasteiger charge is 2.42. The van der Waals surface area contributed by atoms with Crippen molar-refractivity contribution in [3.8, 4) is 11.5 Å². The van der Waals surface area contributed by atoms with Crippen molar-refractivity contribution in [1.29, 1.82) is 0 Å². The van der Waals surface area contributed by atoms with Crippen LogP contribution in [-0.2, 0) is 26.0 Å². The van der Waals surface area contributed by atoms with Crippen LogP contribution >= 0.6 is 12.4 Å². The summed E-state index contributed by atoms with van der Waals surface area (Å²) in [7, 11) is -4.10. The number of hydrogen-bond acceptors (Lipinski definition) is 8. The van der Waals surface area contributed by atoms with Gasteiger partial charge in [0.1, 0.15) is 10.4 Å². The molecule has 0 aliphatic carbocycles. The molecular weight excluding hydrogens is 424 g/mol. The summed E-state index contributed by atoms with van der Waals surface area (Å²) in [5, 5.41) is 18.9. The van der Waals surface area contributed by atoms with Gasteiger partial charge >= 0.3 is 5.97 Å². The first kappa shape index (κ1) is 22.5.